The molecule has 0 heterocycles. The highest BCUT2D eigenvalue weighted by molar-refractivity contribution is 5.90. The average molecular weight is 331 g/mol. The average Bonchev–Trinajstić information content (AvgIpc) is 2.44. The maximum Gasteiger partial charge on any atom is 0.336 e. The lowest BCUT2D eigenvalue weighted by Crippen LogP contribution is -2.45. The molecule has 1 atom stereocenters. The zero-order chi connectivity index (χ0) is 17.7. The van der Waals surface area contributed by atoms with Gasteiger partial charge in [-0.3, -0.25) is 9.59 Å². The van der Waals surface area contributed by atoms with E-state index < -0.39 is 36.3 Å². The highest BCUT2D eigenvalue weighted by atomic mass is 16.4. The first-order chi connectivity index (χ1) is 10.8. The Kier molecular flexibility index (Phi) is 11.0. The molecule has 0 aliphatic rings. The number of carbonyl (C=O) groups excluding carboxylic acids is 1. The summed E-state index contributed by atoms with van der Waals surface area (Å²) in [6.45, 7) is 2.57. The lowest BCUT2D eigenvalue weighted by molar-refractivity contribution is -0.167. The first kappa shape index (κ1) is 21.4. The Morgan fingerprint density at radius 3 is 1.87 bits per heavy atom. The number of aliphatic hydroxyl groups is 1. The molecule has 0 saturated carbocycles. The monoisotopic (exact) mass is 331 g/mol. The quantitative estimate of drug-likeness (QED) is 0.361. The number of rotatable bonds is 14. The van der Waals surface area contributed by atoms with Gasteiger partial charge < -0.3 is 20.6 Å². The highest BCUT2D eigenvalue weighted by Gasteiger charge is 2.40. The van der Waals surface area contributed by atoms with Crippen molar-refractivity contribution in [1.82, 2.24) is 5.32 Å². The molecular weight excluding hydrogens is 302 g/mol. The van der Waals surface area contributed by atoms with Crippen molar-refractivity contribution in [2.75, 3.05) is 6.54 Å². The van der Waals surface area contributed by atoms with Crippen molar-refractivity contribution >= 4 is 17.8 Å². The van der Waals surface area contributed by atoms with E-state index in [1.165, 1.54) is 32.1 Å². The van der Waals surface area contributed by atoms with Crippen LogP contribution in [0.2, 0.25) is 0 Å². The first-order valence-electron chi connectivity index (χ1n) is 8.26. The van der Waals surface area contributed by atoms with Crippen molar-refractivity contribution in [3.63, 3.8) is 0 Å². The SMILES string of the molecule is CCCCCCCCCCNC(=O)CC(O)(CC(=O)O)C(=O)O. The Hall–Kier alpha value is -1.63. The summed E-state index contributed by atoms with van der Waals surface area (Å²) in [5, 5.41) is 29.7. The topological polar surface area (TPSA) is 124 Å². The number of carboxylic acid groups (broad SMARTS) is 2. The summed E-state index contributed by atoms with van der Waals surface area (Å²) in [6.07, 6.45) is 7.22. The highest BCUT2D eigenvalue weighted by Crippen LogP contribution is 2.16. The molecule has 0 aromatic carbocycles. The fourth-order valence-electron chi connectivity index (χ4n) is 2.28. The second-order valence-corrected chi connectivity index (χ2v) is 5.91. The van der Waals surface area contributed by atoms with Gasteiger partial charge in [-0.1, -0.05) is 51.9 Å². The molecule has 134 valence electrons. The van der Waals surface area contributed by atoms with E-state index in [4.69, 9.17) is 10.2 Å². The molecule has 0 saturated heterocycles. The molecule has 0 aromatic heterocycles. The van der Waals surface area contributed by atoms with E-state index in [0.717, 1.165) is 19.3 Å². The van der Waals surface area contributed by atoms with Gasteiger partial charge in [0.15, 0.2) is 5.60 Å². The molecule has 1 amide bonds. The van der Waals surface area contributed by atoms with E-state index >= 15 is 0 Å². The summed E-state index contributed by atoms with van der Waals surface area (Å²) in [7, 11) is 0. The maximum atomic E-state index is 11.6. The first-order valence-corrected chi connectivity index (χ1v) is 8.26. The van der Waals surface area contributed by atoms with Crippen LogP contribution in [-0.2, 0) is 14.4 Å². The lowest BCUT2D eigenvalue weighted by atomic mass is 9.95. The maximum absolute atomic E-state index is 11.6. The van der Waals surface area contributed by atoms with Crippen molar-refractivity contribution in [1.29, 1.82) is 0 Å². The molecule has 0 rings (SSSR count). The molecule has 7 heteroatoms. The van der Waals surface area contributed by atoms with Crippen molar-refractivity contribution < 1.29 is 29.7 Å². The molecule has 0 spiro atoms. The fraction of sp³-hybridized carbons (Fsp3) is 0.812. The van der Waals surface area contributed by atoms with Crippen molar-refractivity contribution in [3.05, 3.63) is 0 Å². The van der Waals surface area contributed by atoms with Crippen LogP contribution in [0.3, 0.4) is 0 Å². The molecule has 4 N–H and O–H groups in total. The zero-order valence-electron chi connectivity index (χ0n) is 13.8. The number of carbonyl (C=O) groups is 3. The number of amides is 1. The minimum absolute atomic E-state index is 0.399. The van der Waals surface area contributed by atoms with Gasteiger partial charge in [0.05, 0.1) is 12.8 Å². The van der Waals surface area contributed by atoms with Crippen LogP contribution in [0.4, 0.5) is 0 Å². The minimum Gasteiger partial charge on any atom is -0.481 e. The third kappa shape index (κ3) is 10.7. The van der Waals surface area contributed by atoms with Crippen LogP contribution in [0, 0.1) is 0 Å². The van der Waals surface area contributed by atoms with Crippen molar-refractivity contribution in [3.8, 4) is 0 Å². The number of carboxylic acids is 2. The molecule has 0 bridgehead atoms. The normalized spacial score (nSPS) is 13.3. The summed E-state index contributed by atoms with van der Waals surface area (Å²) in [6, 6.07) is 0. The summed E-state index contributed by atoms with van der Waals surface area (Å²) >= 11 is 0. The second-order valence-electron chi connectivity index (χ2n) is 5.91. The molecule has 7 nitrogen and oxygen atoms in total. The summed E-state index contributed by atoms with van der Waals surface area (Å²) in [5.74, 6) is -3.83. The van der Waals surface area contributed by atoms with Gasteiger partial charge in [0.25, 0.3) is 0 Å². The Morgan fingerprint density at radius 1 is 0.870 bits per heavy atom. The number of nitrogens with one attached hydrogen (secondary N) is 1. The van der Waals surface area contributed by atoms with Gasteiger partial charge in [-0.25, -0.2) is 4.79 Å². The van der Waals surface area contributed by atoms with E-state index in [1.807, 2.05) is 0 Å². The fourth-order valence-corrected chi connectivity index (χ4v) is 2.28. The molecule has 0 aromatic rings. The Balaban J connectivity index is 3.85. The molecule has 0 fully saturated rings. The Morgan fingerprint density at radius 2 is 1.39 bits per heavy atom. The van der Waals surface area contributed by atoms with Gasteiger partial charge in [-0.05, 0) is 6.42 Å². The van der Waals surface area contributed by atoms with Gasteiger partial charge in [-0.2, -0.15) is 0 Å². The van der Waals surface area contributed by atoms with E-state index in [0.29, 0.717) is 6.54 Å². The number of hydrogen-bond acceptors (Lipinski definition) is 4. The van der Waals surface area contributed by atoms with Crippen molar-refractivity contribution in [2.24, 2.45) is 0 Å². The van der Waals surface area contributed by atoms with Gasteiger partial charge in [-0.15, -0.1) is 0 Å². The third-order valence-corrected chi connectivity index (χ3v) is 3.65. The van der Waals surface area contributed by atoms with Crippen LogP contribution < -0.4 is 5.32 Å². The van der Waals surface area contributed by atoms with E-state index in [9.17, 15) is 19.5 Å². The second kappa shape index (κ2) is 11.9. The molecule has 0 aliphatic carbocycles. The number of hydrogen-bond donors (Lipinski definition) is 4. The standard InChI is InChI=1S/C16H29NO6/c1-2-3-4-5-6-7-8-9-10-17-13(18)11-16(23,15(21)22)12-14(19)20/h23H,2-12H2,1H3,(H,17,18)(H,19,20)(H,21,22). The van der Waals surface area contributed by atoms with Crippen LogP contribution in [0.1, 0.15) is 71.1 Å². The summed E-state index contributed by atoms with van der Waals surface area (Å²) < 4.78 is 0. The van der Waals surface area contributed by atoms with E-state index in [-0.39, 0.29) is 0 Å². The van der Waals surface area contributed by atoms with Crippen LogP contribution in [-0.4, -0.2) is 45.3 Å². The Labute approximate surface area is 137 Å². The smallest absolute Gasteiger partial charge is 0.336 e. The largest absolute Gasteiger partial charge is 0.481 e. The van der Waals surface area contributed by atoms with Gasteiger partial charge >= 0.3 is 11.9 Å². The van der Waals surface area contributed by atoms with E-state index in [1.54, 1.807) is 0 Å². The van der Waals surface area contributed by atoms with Gasteiger partial charge in [0.2, 0.25) is 5.91 Å². The summed E-state index contributed by atoms with van der Waals surface area (Å²) in [4.78, 5) is 33.1. The van der Waals surface area contributed by atoms with Gasteiger partial charge in [0, 0.05) is 6.54 Å². The lowest BCUT2D eigenvalue weighted by Gasteiger charge is -2.20. The zero-order valence-corrected chi connectivity index (χ0v) is 13.8. The summed E-state index contributed by atoms with van der Waals surface area (Å²) in [5.41, 5.74) is -2.56. The number of unbranched alkanes of at least 4 members (excludes halogenated alkanes) is 7. The minimum atomic E-state index is -2.56. The van der Waals surface area contributed by atoms with Crippen LogP contribution in [0.5, 0.6) is 0 Å². The van der Waals surface area contributed by atoms with Crippen LogP contribution in [0.15, 0.2) is 0 Å². The van der Waals surface area contributed by atoms with Crippen LogP contribution in [0.25, 0.3) is 0 Å². The molecule has 0 radical (unpaired) electrons. The molecule has 23 heavy (non-hydrogen) atoms. The van der Waals surface area contributed by atoms with Gasteiger partial charge in [0.1, 0.15) is 0 Å². The number of aliphatic carboxylic acids is 2. The molecule has 0 aliphatic heterocycles. The van der Waals surface area contributed by atoms with Crippen LogP contribution >= 0.6 is 0 Å². The third-order valence-electron chi connectivity index (χ3n) is 3.65. The predicted octanol–water partition coefficient (Wildman–Crippen LogP) is 1.92. The predicted molar refractivity (Wildman–Crippen MR) is 85.1 cm³/mol. The molecule has 1 unspecified atom stereocenters. The van der Waals surface area contributed by atoms with Crippen molar-refractivity contribution in [2.45, 2.75) is 76.7 Å². The van der Waals surface area contributed by atoms with E-state index in [2.05, 4.69) is 12.2 Å². The Bertz CT molecular complexity index is 385. The molecular formula is C16H29NO6.